The lowest BCUT2D eigenvalue weighted by molar-refractivity contribution is -0.137. The molecule has 3 aromatic rings. The van der Waals surface area contributed by atoms with Crippen molar-refractivity contribution in [2.75, 3.05) is 0 Å². The van der Waals surface area contributed by atoms with E-state index in [1.165, 1.54) is 18.2 Å². The number of rotatable bonds is 5. The van der Waals surface area contributed by atoms with E-state index < -0.39 is 11.7 Å². The Hall–Kier alpha value is -3.35. The van der Waals surface area contributed by atoms with E-state index in [2.05, 4.69) is 16.9 Å². The van der Waals surface area contributed by atoms with Gasteiger partial charge in [-0.15, -0.1) is 0 Å². The largest absolute Gasteiger partial charge is 0.455 e. The first kappa shape index (κ1) is 18.4. The average molecular weight is 372 g/mol. The number of amides is 1. The second kappa shape index (κ2) is 7.49. The number of alkyl halides is 3. The molecule has 138 valence electrons. The topological polar surface area (TPSA) is 51.2 Å². The van der Waals surface area contributed by atoms with Crippen molar-refractivity contribution < 1.29 is 22.7 Å². The zero-order valence-electron chi connectivity index (χ0n) is 14.1. The minimum atomic E-state index is -4.41. The van der Waals surface area contributed by atoms with Gasteiger partial charge in [-0.1, -0.05) is 12.6 Å². The van der Waals surface area contributed by atoms with Crippen LogP contribution in [0.3, 0.4) is 0 Å². The van der Waals surface area contributed by atoms with Crippen LogP contribution in [0.15, 0.2) is 67.4 Å². The van der Waals surface area contributed by atoms with Crippen LogP contribution in [0.1, 0.15) is 11.1 Å². The molecule has 0 saturated heterocycles. The van der Waals surface area contributed by atoms with Crippen LogP contribution in [0.2, 0.25) is 0 Å². The van der Waals surface area contributed by atoms with Gasteiger partial charge in [-0.2, -0.15) is 13.2 Å². The number of pyridine rings is 1. The number of fused-ring (bicyclic) bond motifs is 1. The fourth-order valence-corrected chi connectivity index (χ4v) is 2.50. The summed E-state index contributed by atoms with van der Waals surface area (Å²) in [5, 5.41) is 3.45. The zero-order chi connectivity index (χ0) is 19.4. The van der Waals surface area contributed by atoms with Crippen LogP contribution in [0.5, 0.6) is 11.5 Å². The van der Waals surface area contributed by atoms with Crippen molar-refractivity contribution in [1.82, 2.24) is 10.3 Å². The SMILES string of the molecule is C=CC(=O)NCc1cc(Oc2ccc(C(F)(F)F)cc2)c2ncccc2c1. The molecule has 0 fully saturated rings. The second-order valence-corrected chi connectivity index (χ2v) is 5.72. The number of ether oxygens (including phenoxy) is 1. The Morgan fingerprint density at radius 2 is 1.93 bits per heavy atom. The predicted octanol–water partition coefficient (Wildman–Crippen LogP) is 4.85. The van der Waals surface area contributed by atoms with Gasteiger partial charge in [0.2, 0.25) is 5.91 Å². The molecule has 0 aliphatic heterocycles. The van der Waals surface area contributed by atoms with Crippen LogP contribution in [0.25, 0.3) is 10.9 Å². The first-order chi connectivity index (χ1) is 12.9. The molecule has 0 aliphatic rings. The number of nitrogens with one attached hydrogen (secondary N) is 1. The lowest BCUT2D eigenvalue weighted by atomic mass is 10.1. The number of halogens is 3. The molecule has 27 heavy (non-hydrogen) atoms. The number of carbonyl (C=O) groups excluding carboxylic acids is 1. The molecule has 0 unspecified atom stereocenters. The molecule has 1 N–H and O–H groups in total. The molecule has 1 heterocycles. The Balaban J connectivity index is 1.92. The van der Waals surface area contributed by atoms with Crippen LogP contribution < -0.4 is 10.1 Å². The monoisotopic (exact) mass is 372 g/mol. The van der Waals surface area contributed by atoms with Gasteiger partial charge in [-0.25, -0.2) is 0 Å². The summed E-state index contributed by atoms with van der Waals surface area (Å²) < 4.78 is 43.9. The molecule has 1 amide bonds. The Morgan fingerprint density at radius 3 is 2.59 bits per heavy atom. The molecule has 3 rings (SSSR count). The van der Waals surface area contributed by atoms with E-state index in [0.29, 0.717) is 11.3 Å². The van der Waals surface area contributed by atoms with Gasteiger partial charge in [0, 0.05) is 18.1 Å². The third-order valence-corrected chi connectivity index (χ3v) is 3.79. The third-order valence-electron chi connectivity index (χ3n) is 3.79. The maximum Gasteiger partial charge on any atom is 0.416 e. The smallest absolute Gasteiger partial charge is 0.416 e. The first-order valence-electron chi connectivity index (χ1n) is 8.00. The second-order valence-electron chi connectivity index (χ2n) is 5.72. The summed E-state index contributed by atoms with van der Waals surface area (Å²) in [7, 11) is 0. The molecular formula is C20H15F3N2O2. The number of hydrogen-bond donors (Lipinski definition) is 1. The Labute approximate surface area is 153 Å². The number of carbonyl (C=O) groups is 1. The minimum absolute atomic E-state index is 0.249. The molecule has 7 heteroatoms. The van der Waals surface area contributed by atoms with Gasteiger partial charge >= 0.3 is 6.18 Å². The molecular weight excluding hydrogens is 357 g/mol. The van der Waals surface area contributed by atoms with Crippen LogP contribution in [-0.2, 0) is 17.5 Å². The molecule has 0 atom stereocenters. The van der Waals surface area contributed by atoms with Crippen molar-refractivity contribution in [3.63, 3.8) is 0 Å². The summed E-state index contributed by atoms with van der Waals surface area (Å²) in [6.07, 6.45) is -1.64. The van der Waals surface area contributed by atoms with Gasteiger partial charge in [-0.3, -0.25) is 9.78 Å². The van der Waals surface area contributed by atoms with Crippen molar-refractivity contribution in [2.45, 2.75) is 12.7 Å². The Kier molecular flexibility index (Phi) is 5.12. The quantitative estimate of drug-likeness (QED) is 0.652. The molecule has 2 aromatic carbocycles. The van der Waals surface area contributed by atoms with Gasteiger partial charge in [0.1, 0.15) is 11.3 Å². The lowest BCUT2D eigenvalue weighted by Gasteiger charge is -2.12. The molecule has 0 aliphatic carbocycles. The lowest BCUT2D eigenvalue weighted by Crippen LogP contribution is -2.19. The van der Waals surface area contributed by atoms with E-state index in [1.54, 1.807) is 18.3 Å². The maximum absolute atomic E-state index is 12.7. The van der Waals surface area contributed by atoms with Crippen molar-refractivity contribution in [3.8, 4) is 11.5 Å². The first-order valence-corrected chi connectivity index (χ1v) is 8.00. The highest BCUT2D eigenvalue weighted by Gasteiger charge is 2.30. The fourth-order valence-electron chi connectivity index (χ4n) is 2.50. The molecule has 0 spiro atoms. The summed E-state index contributed by atoms with van der Waals surface area (Å²) in [6, 6.07) is 11.6. The molecule has 0 radical (unpaired) electrons. The van der Waals surface area contributed by atoms with E-state index in [9.17, 15) is 18.0 Å². The number of hydrogen-bond acceptors (Lipinski definition) is 3. The highest BCUT2D eigenvalue weighted by Crippen LogP contribution is 2.33. The summed E-state index contributed by atoms with van der Waals surface area (Å²) in [5.41, 5.74) is 0.572. The number of aromatic nitrogens is 1. The van der Waals surface area contributed by atoms with Crippen LogP contribution in [0.4, 0.5) is 13.2 Å². The average Bonchev–Trinajstić information content (AvgIpc) is 2.66. The van der Waals surface area contributed by atoms with E-state index in [4.69, 9.17) is 4.74 Å². The molecule has 4 nitrogen and oxygen atoms in total. The van der Waals surface area contributed by atoms with E-state index in [-0.39, 0.29) is 18.2 Å². The van der Waals surface area contributed by atoms with Gasteiger partial charge in [0.25, 0.3) is 0 Å². The van der Waals surface area contributed by atoms with Gasteiger partial charge in [0.15, 0.2) is 5.75 Å². The third kappa shape index (κ3) is 4.44. The van der Waals surface area contributed by atoms with Gasteiger partial charge in [0.05, 0.1) is 5.56 Å². The van der Waals surface area contributed by atoms with Crippen LogP contribution in [0, 0.1) is 0 Å². The standard InChI is InChI=1S/C20H15F3N2O2/c1-2-18(26)25-12-13-10-14-4-3-9-24-19(14)17(11-13)27-16-7-5-15(6-8-16)20(21,22)23/h2-11H,1,12H2,(H,25,26). The normalized spacial score (nSPS) is 11.2. The number of benzene rings is 2. The van der Waals surface area contributed by atoms with Gasteiger partial charge in [-0.05, 0) is 54.1 Å². The highest BCUT2D eigenvalue weighted by molar-refractivity contribution is 5.87. The van der Waals surface area contributed by atoms with Crippen LogP contribution >= 0.6 is 0 Å². The van der Waals surface area contributed by atoms with Crippen molar-refractivity contribution in [3.05, 3.63) is 78.5 Å². The zero-order valence-corrected chi connectivity index (χ0v) is 14.1. The fraction of sp³-hybridized carbons (Fsp3) is 0.100. The number of nitrogens with zero attached hydrogens (tertiary/aromatic N) is 1. The summed E-state index contributed by atoms with van der Waals surface area (Å²) in [4.78, 5) is 15.7. The van der Waals surface area contributed by atoms with Crippen LogP contribution in [-0.4, -0.2) is 10.9 Å². The minimum Gasteiger partial charge on any atom is -0.455 e. The highest BCUT2D eigenvalue weighted by atomic mass is 19.4. The molecule has 1 aromatic heterocycles. The Morgan fingerprint density at radius 1 is 1.19 bits per heavy atom. The molecule has 0 bridgehead atoms. The van der Waals surface area contributed by atoms with Crippen molar-refractivity contribution in [2.24, 2.45) is 0 Å². The Bertz CT molecular complexity index is 983. The van der Waals surface area contributed by atoms with Gasteiger partial charge < -0.3 is 10.1 Å². The maximum atomic E-state index is 12.7. The van der Waals surface area contributed by atoms with E-state index in [0.717, 1.165) is 23.1 Å². The van der Waals surface area contributed by atoms with E-state index >= 15 is 0 Å². The van der Waals surface area contributed by atoms with Crippen molar-refractivity contribution in [1.29, 1.82) is 0 Å². The van der Waals surface area contributed by atoms with E-state index in [1.807, 2.05) is 12.1 Å². The summed E-state index contributed by atoms with van der Waals surface area (Å²) in [6.45, 7) is 3.64. The molecule has 0 saturated carbocycles. The predicted molar refractivity (Wildman–Crippen MR) is 95.3 cm³/mol. The summed E-state index contributed by atoms with van der Waals surface area (Å²) in [5.74, 6) is 0.324. The van der Waals surface area contributed by atoms with Crippen molar-refractivity contribution >= 4 is 16.8 Å². The summed E-state index contributed by atoms with van der Waals surface area (Å²) >= 11 is 0.